The lowest BCUT2D eigenvalue weighted by Gasteiger charge is -2.19. The van der Waals surface area contributed by atoms with Gasteiger partial charge in [0.1, 0.15) is 5.75 Å². The fraction of sp³-hybridized carbons (Fsp3) is 0.294. The summed E-state index contributed by atoms with van der Waals surface area (Å²) >= 11 is 3.65. The first kappa shape index (κ1) is 15.1. The number of benzene rings is 2. The van der Waals surface area contributed by atoms with Crippen molar-refractivity contribution < 1.29 is 4.74 Å². The Morgan fingerprint density at radius 3 is 2.40 bits per heavy atom. The Labute approximate surface area is 129 Å². The van der Waals surface area contributed by atoms with Gasteiger partial charge in [-0.2, -0.15) is 0 Å². The van der Waals surface area contributed by atoms with Crippen LogP contribution in [0.2, 0.25) is 0 Å². The second kappa shape index (κ2) is 6.91. The van der Waals surface area contributed by atoms with Crippen LogP contribution in [0.1, 0.15) is 29.7 Å². The van der Waals surface area contributed by atoms with Gasteiger partial charge in [0.25, 0.3) is 0 Å². The first-order valence-electron chi connectivity index (χ1n) is 6.81. The zero-order valence-electron chi connectivity index (χ0n) is 12.1. The molecule has 0 amide bonds. The van der Waals surface area contributed by atoms with Crippen LogP contribution in [0.15, 0.2) is 46.9 Å². The second-order valence-corrected chi connectivity index (χ2v) is 5.60. The molecular weight excluding hydrogens is 314 g/mol. The van der Waals surface area contributed by atoms with Crippen molar-refractivity contribution >= 4 is 15.9 Å². The molecule has 0 fully saturated rings. The summed E-state index contributed by atoms with van der Waals surface area (Å²) in [6.45, 7) is 4.77. The topological polar surface area (TPSA) is 21.3 Å². The quantitative estimate of drug-likeness (QED) is 0.871. The van der Waals surface area contributed by atoms with E-state index in [0.717, 1.165) is 10.2 Å². The predicted molar refractivity (Wildman–Crippen MR) is 87.4 cm³/mol. The minimum Gasteiger partial charge on any atom is -0.494 e. The highest BCUT2D eigenvalue weighted by molar-refractivity contribution is 9.10. The van der Waals surface area contributed by atoms with Gasteiger partial charge in [-0.1, -0.05) is 51.8 Å². The zero-order chi connectivity index (χ0) is 14.5. The summed E-state index contributed by atoms with van der Waals surface area (Å²) in [5, 5.41) is 3.38. The summed E-state index contributed by atoms with van der Waals surface area (Å²) < 4.78 is 6.58. The van der Waals surface area contributed by atoms with Gasteiger partial charge in [-0.05, 0) is 44.2 Å². The van der Waals surface area contributed by atoms with Gasteiger partial charge >= 0.3 is 0 Å². The van der Waals surface area contributed by atoms with E-state index in [9.17, 15) is 0 Å². The third-order valence-electron chi connectivity index (χ3n) is 3.29. The van der Waals surface area contributed by atoms with Gasteiger partial charge < -0.3 is 10.1 Å². The van der Waals surface area contributed by atoms with Crippen LogP contribution in [0.4, 0.5) is 0 Å². The van der Waals surface area contributed by atoms with Gasteiger partial charge in [0.2, 0.25) is 0 Å². The third-order valence-corrected chi connectivity index (χ3v) is 3.98. The molecular formula is C17H20BrNO. The summed E-state index contributed by atoms with van der Waals surface area (Å²) in [6.07, 6.45) is 0. The van der Waals surface area contributed by atoms with E-state index in [-0.39, 0.29) is 6.04 Å². The van der Waals surface area contributed by atoms with E-state index in [4.69, 9.17) is 4.74 Å². The molecule has 1 N–H and O–H groups in total. The molecule has 0 spiro atoms. The number of halogens is 1. The summed E-state index contributed by atoms with van der Waals surface area (Å²) in [5.74, 6) is 0.891. The highest BCUT2D eigenvalue weighted by Gasteiger charge is 2.15. The van der Waals surface area contributed by atoms with Crippen molar-refractivity contribution in [3.63, 3.8) is 0 Å². The second-order valence-electron chi connectivity index (χ2n) is 4.75. The van der Waals surface area contributed by atoms with Crippen LogP contribution in [0.25, 0.3) is 0 Å². The van der Waals surface area contributed by atoms with Crippen LogP contribution in [0, 0.1) is 6.92 Å². The lowest BCUT2D eigenvalue weighted by molar-refractivity contribution is 0.340. The molecule has 2 aromatic rings. The number of ether oxygens (including phenoxy) is 1. The van der Waals surface area contributed by atoms with Crippen molar-refractivity contribution in [3.8, 4) is 5.75 Å². The van der Waals surface area contributed by atoms with Crippen molar-refractivity contribution in [3.05, 3.63) is 63.6 Å². The van der Waals surface area contributed by atoms with Crippen molar-refractivity contribution in [1.82, 2.24) is 5.32 Å². The first-order chi connectivity index (χ1) is 9.65. The van der Waals surface area contributed by atoms with Crippen molar-refractivity contribution in [2.45, 2.75) is 19.9 Å². The number of rotatable bonds is 5. The maximum atomic E-state index is 5.53. The number of nitrogens with one attached hydrogen (secondary N) is 1. The molecule has 0 saturated carbocycles. The molecule has 0 aliphatic rings. The van der Waals surface area contributed by atoms with E-state index in [0.29, 0.717) is 6.61 Å². The van der Waals surface area contributed by atoms with E-state index in [1.54, 1.807) is 0 Å². The molecule has 0 heterocycles. The lowest BCUT2D eigenvalue weighted by Crippen LogP contribution is -2.18. The predicted octanol–water partition coefficient (Wildman–Crippen LogP) is 4.47. The van der Waals surface area contributed by atoms with Gasteiger partial charge in [0, 0.05) is 4.47 Å². The maximum absolute atomic E-state index is 5.53. The lowest BCUT2D eigenvalue weighted by atomic mass is 9.98. The summed E-state index contributed by atoms with van der Waals surface area (Å²) in [5.41, 5.74) is 3.73. The standard InChI is InChI=1S/C17H20BrNO/c1-4-20-14-9-10-15(16(18)11-14)17(19-3)13-7-5-12(2)6-8-13/h5-11,17,19H,4H2,1-3H3. The Kier molecular flexibility index (Phi) is 5.21. The summed E-state index contributed by atoms with van der Waals surface area (Å²) in [4.78, 5) is 0. The molecule has 0 aromatic heterocycles. The normalized spacial score (nSPS) is 12.2. The number of hydrogen-bond acceptors (Lipinski definition) is 2. The third kappa shape index (κ3) is 3.41. The first-order valence-corrected chi connectivity index (χ1v) is 7.61. The molecule has 106 valence electrons. The molecule has 3 heteroatoms. The molecule has 1 atom stereocenters. The SMILES string of the molecule is CCOc1ccc(C(NC)c2ccc(C)cc2)c(Br)c1. The Balaban J connectivity index is 2.34. The molecule has 2 aromatic carbocycles. The minimum absolute atomic E-state index is 0.167. The van der Waals surface area contributed by atoms with Crippen LogP contribution in [-0.4, -0.2) is 13.7 Å². The molecule has 0 aliphatic heterocycles. The van der Waals surface area contributed by atoms with Gasteiger partial charge in [-0.25, -0.2) is 0 Å². The Morgan fingerprint density at radius 1 is 1.15 bits per heavy atom. The molecule has 0 radical (unpaired) electrons. The Morgan fingerprint density at radius 2 is 1.85 bits per heavy atom. The zero-order valence-corrected chi connectivity index (χ0v) is 13.7. The highest BCUT2D eigenvalue weighted by atomic mass is 79.9. The molecule has 20 heavy (non-hydrogen) atoms. The summed E-state index contributed by atoms with van der Waals surface area (Å²) in [7, 11) is 1.98. The number of hydrogen-bond donors (Lipinski definition) is 1. The van der Waals surface area contributed by atoms with Crippen LogP contribution in [0.5, 0.6) is 5.75 Å². The van der Waals surface area contributed by atoms with Crippen LogP contribution < -0.4 is 10.1 Å². The van der Waals surface area contributed by atoms with Gasteiger partial charge in [-0.3, -0.25) is 0 Å². The largest absolute Gasteiger partial charge is 0.494 e. The van der Waals surface area contributed by atoms with Crippen LogP contribution in [-0.2, 0) is 0 Å². The van der Waals surface area contributed by atoms with Crippen LogP contribution in [0.3, 0.4) is 0 Å². The van der Waals surface area contributed by atoms with Gasteiger partial charge in [0.15, 0.2) is 0 Å². The summed E-state index contributed by atoms with van der Waals surface area (Å²) in [6, 6.07) is 14.9. The highest BCUT2D eigenvalue weighted by Crippen LogP contribution is 2.31. The molecule has 0 aliphatic carbocycles. The van der Waals surface area contributed by atoms with E-state index in [2.05, 4.69) is 58.5 Å². The van der Waals surface area contributed by atoms with Gasteiger partial charge in [0.05, 0.1) is 12.6 Å². The van der Waals surface area contributed by atoms with Gasteiger partial charge in [-0.15, -0.1) is 0 Å². The minimum atomic E-state index is 0.167. The van der Waals surface area contributed by atoms with E-state index in [1.807, 2.05) is 26.1 Å². The molecule has 1 unspecified atom stereocenters. The fourth-order valence-electron chi connectivity index (χ4n) is 2.26. The van der Waals surface area contributed by atoms with E-state index < -0.39 is 0 Å². The smallest absolute Gasteiger partial charge is 0.120 e. The number of aryl methyl sites for hydroxylation is 1. The van der Waals surface area contributed by atoms with Crippen LogP contribution >= 0.6 is 15.9 Å². The monoisotopic (exact) mass is 333 g/mol. The molecule has 2 rings (SSSR count). The molecule has 0 saturated heterocycles. The Hall–Kier alpha value is -1.32. The van der Waals surface area contributed by atoms with E-state index >= 15 is 0 Å². The maximum Gasteiger partial charge on any atom is 0.120 e. The van der Waals surface area contributed by atoms with Crippen molar-refractivity contribution in [2.75, 3.05) is 13.7 Å². The molecule has 0 bridgehead atoms. The van der Waals surface area contributed by atoms with E-state index in [1.165, 1.54) is 16.7 Å². The fourth-order valence-corrected chi connectivity index (χ4v) is 2.85. The van der Waals surface area contributed by atoms with Crippen molar-refractivity contribution in [2.24, 2.45) is 0 Å². The average Bonchev–Trinajstić information content (AvgIpc) is 2.44. The molecule has 2 nitrogen and oxygen atoms in total. The van der Waals surface area contributed by atoms with Crippen molar-refractivity contribution in [1.29, 1.82) is 0 Å². The Bertz CT molecular complexity index is 566. The average molecular weight is 334 g/mol.